The summed E-state index contributed by atoms with van der Waals surface area (Å²) in [5.41, 5.74) is 1.14. The lowest BCUT2D eigenvalue weighted by molar-refractivity contribution is 0.259. The van der Waals surface area contributed by atoms with Crippen LogP contribution in [0.2, 0.25) is 0 Å². The topological polar surface area (TPSA) is 54.3 Å². The summed E-state index contributed by atoms with van der Waals surface area (Å²) in [5.74, 6) is 1.29. The molecule has 0 aliphatic heterocycles. The molecule has 4 nitrogen and oxygen atoms in total. The number of hydrogen-bond acceptors (Lipinski definition) is 4. The third-order valence-electron chi connectivity index (χ3n) is 2.89. The van der Waals surface area contributed by atoms with Crippen molar-refractivity contribution in [3.63, 3.8) is 0 Å². The van der Waals surface area contributed by atoms with Crippen LogP contribution in [0.1, 0.15) is 25.3 Å². The Kier molecular flexibility index (Phi) is 4.06. The lowest BCUT2D eigenvalue weighted by Gasteiger charge is -2.13. The smallest absolute Gasteiger partial charge is 0.181 e. The first kappa shape index (κ1) is 12.7. The number of hydrogen-bond donors (Lipinski definition) is 1. The highest BCUT2D eigenvalue weighted by atomic mass is 16.5. The lowest BCUT2D eigenvalue weighted by atomic mass is 10.2. The van der Waals surface area contributed by atoms with E-state index in [1.165, 1.54) is 12.8 Å². The number of nitriles is 1. The van der Waals surface area contributed by atoms with Gasteiger partial charge in [0, 0.05) is 12.6 Å². The quantitative estimate of drug-likeness (QED) is 0.836. The van der Waals surface area contributed by atoms with Gasteiger partial charge in [0.2, 0.25) is 0 Å². The maximum absolute atomic E-state index is 8.79. The number of ether oxygens (including phenoxy) is 2. The molecule has 0 saturated heterocycles. The molecule has 0 bridgehead atoms. The van der Waals surface area contributed by atoms with Gasteiger partial charge >= 0.3 is 0 Å². The van der Waals surface area contributed by atoms with Gasteiger partial charge in [-0.2, -0.15) is 5.26 Å². The second-order valence-electron chi connectivity index (χ2n) is 4.53. The molecular formula is C14H18N2O2. The molecule has 2 rings (SSSR count). The molecule has 1 aliphatic carbocycles. The summed E-state index contributed by atoms with van der Waals surface area (Å²) in [6.07, 6.45) is 2.06. The molecule has 1 atom stereocenters. The molecule has 0 spiro atoms. The first-order chi connectivity index (χ1) is 8.72. The molecule has 0 radical (unpaired) electrons. The van der Waals surface area contributed by atoms with E-state index in [1.807, 2.05) is 18.2 Å². The van der Waals surface area contributed by atoms with E-state index >= 15 is 0 Å². The molecule has 1 fully saturated rings. The van der Waals surface area contributed by atoms with Gasteiger partial charge in [-0.3, -0.25) is 0 Å². The third-order valence-corrected chi connectivity index (χ3v) is 2.89. The maximum atomic E-state index is 8.79. The minimum Gasteiger partial charge on any atom is -0.493 e. The summed E-state index contributed by atoms with van der Waals surface area (Å²) in [6.45, 7) is 2.54. The first-order valence-electron chi connectivity index (χ1n) is 6.19. The maximum Gasteiger partial charge on any atom is 0.181 e. The van der Waals surface area contributed by atoms with Crippen molar-refractivity contribution in [2.45, 2.75) is 38.5 Å². The average molecular weight is 246 g/mol. The minimum atomic E-state index is -0.481. The van der Waals surface area contributed by atoms with Gasteiger partial charge in [0.05, 0.1) is 7.11 Å². The molecule has 96 valence electrons. The number of methoxy groups -OCH3 is 1. The second kappa shape index (κ2) is 5.74. The van der Waals surface area contributed by atoms with Gasteiger partial charge in [-0.25, -0.2) is 0 Å². The van der Waals surface area contributed by atoms with E-state index in [-0.39, 0.29) is 0 Å². The standard InChI is InChI=1S/C14H18N2O2/c1-10(8-15)18-14-7-11(3-6-13(14)17-2)9-16-12-4-5-12/h3,6-7,10,12,16H,4-5,9H2,1-2H3. The normalized spacial score (nSPS) is 15.8. The van der Waals surface area contributed by atoms with Gasteiger partial charge in [0.1, 0.15) is 6.07 Å². The number of benzene rings is 1. The van der Waals surface area contributed by atoms with Crippen molar-refractivity contribution in [3.8, 4) is 17.6 Å². The molecule has 1 unspecified atom stereocenters. The van der Waals surface area contributed by atoms with Gasteiger partial charge in [-0.1, -0.05) is 6.07 Å². The van der Waals surface area contributed by atoms with Crippen molar-refractivity contribution in [1.82, 2.24) is 5.32 Å². The minimum absolute atomic E-state index is 0.481. The van der Waals surface area contributed by atoms with Crippen molar-refractivity contribution in [2.24, 2.45) is 0 Å². The van der Waals surface area contributed by atoms with Crippen molar-refractivity contribution in [2.75, 3.05) is 7.11 Å². The third kappa shape index (κ3) is 3.38. The van der Waals surface area contributed by atoms with Crippen LogP contribution in [0, 0.1) is 11.3 Å². The number of nitrogens with one attached hydrogen (secondary N) is 1. The van der Waals surface area contributed by atoms with E-state index in [1.54, 1.807) is 14.0 Å². The molecule has 1 aliphatic rings. The van der Waals surface area contributed by atoms with Crippen molar-refractivity contribution < 1.29 is 9.47 Å². The van der Waals surface area contributed by atoms with Crippen molar-refractivity contribution in [1.29, 1.82) is 5.26 Å². The summed E-state index contributed by atoms with van der Waals surface area (Å²) in [4.78, 5) is 0. The summed E-state index contributed by atoms with van der Waals surface area (Å²) in [5, 5.41) is 12.2. The van der Waals surface area contributed by atoms with Crippen molar-refractivity contribution >= 4 is 0 Å². The Bertz CT molecular complexity index is 450. The fourth-order valence-corrected chi connectivity index (χ4v) is 1.69. The Labute approximate surface area is 108 Å². The van der Waals surface area contributed by atoms with Crippen LogP contribution in [0.4, 0.5) is 0 Å². The van der Waals surface area contributed by atoms with Crippen LogP contribution in [0.15, 0.2) is 18.2 Å². The molecule has 1 N–H and O–H groups in total. The molecule has 0 amide bonds. The fraction of sp³-hybridized carbons (Fsp3) is 0.500. The molecular weight excluding hydrogens is 228 g/mol. The Balaban J connectivity index is 2.07. The Morgan fingerprint density at radius 1 is 1.44 bits per heavy atom. The number of nitrogens with zero attached hydrogens (tertiary/aromatic N) is 1. The van der Waals surface area contributed by atoms with E-state index in [2.05, 4.69) is 11.4 Å². The highest BCUT2D eigenvalue weighted by Crippen LogP contribution is 2.29. The van der Waals surface area contributed by atoms with Crippen LogP contribution in [0.5, 0.6) is 11.5 Å². The summed E-state index contributed by atoms with van der Waals surface area (Å²) in [7, 11) is 1.60. The predicted molar refractivity (Wildman–Crippen MR) is 68.6 cm³/mol. The fourth-order valence-electron chi connectivity index (χ4n) is 1.69. The zero-order chi connectivity index (χ0) is 13.0. The van der Waals surface area contributed by atoms with Gasteiger partial charge in [0.25, 0.3) is 0 Å². The summed E-state index contributed by atoms with van der Waals surface area (Å²) < 4.78 is 10.8. The zero-order valence-corrected chi connectivity index (χ0v) is 10.8. The molecule has 4 heteroatoms. The van der Waals surface area contributed by atoms with Crippen LogP contribution >= 0.6 is 0 Å². The van der Waals surface area contributed by atoms with E-state index in [9.17, 15) is 0 Å². The Morgan fingerprint density at radius 2 is 2.22 bits per heavy atom. The van der Waals surface area contributed by atoms with E-state index in [0.29, 0.717) is 17.5 Å². The van der Waals surface area contributed by atoms with Gasteiger partial charge in [-0.15, -0.1) is 0 Å². The van der Waals surface area contributed by atoms with Crippen LogP contribution in [-0.4, -0.2) is 19.3 Å². The molecule has 1 saturated carbocycles. The van der Waals surface area contributed by atoms with Crippen molar-refractivity contribution in [3.05, 3.63) is 23.8 Å². The van der Waals surface area contributed by atoms with Gasteiger partial charge in [0.15, 0.2) is 17.6 Å². The molecule has 0 aromatic heterocycles. The zero-order valence-electron chi connectivity index (χ0n) is 10.8. The molecule has 18 heavy (non-hydrogen) atoms. The van der Waals surface area contributed by atoms with Gasteiger partial charge < -0.3 is 14.8 Å². The summed E-state index contributed by atoms with van der Waals surface area (Å²) >= 11 is 0. The highest BCUT2D eigenvalue weighted by molar-refractivity contribution is 5.43. The lowest BCUT2D eigenvalue weighted by Crippen LogP contribution is -2.15. The van der Waals surface area contributed by atoms with Crippen LogP contribution in [-0.2, 0) is 6.54 Å². The summed E-state index contributed by atoms with van der Waals surface area (Å²) in [6, 6.07) is 8.55. The SMILES string of the molecule is COc1ccc(CNC2CC2)cc1OC(C)C#N. The van der Waals surface area contributed by atoms with E-state index < -0.39 is 6.10 Å². The van der Waals surface area contributed by atoms with E-state index in [4.69, 9.17) is 14.7 Å². The van der Waals surface area contributed by atoms with E-state index in [0.717, 1.165) is 12.1 Å². The van der Waals surface area contributed by atoms with Crippen LogP contribution in [0.3, 0.4) is 0 Å². The molecule has 1 aromatic carbocycles. The number of rotatable bonds is 6. The van der Waals surface area contributed by atoms with Crippen LogP contribution < -0.4 is 14.8 Å². The van der Waals surface area contributed by atoms with Gasteiger partial charge in [-0.05, 0) is 37.5 Å². The first-order valence-corrected chi connectivity index (χ1v) is 6.19. The average Bonchev–Trinajstić information content (AvgIpc) is 3.20. The predicted octanol–water partition coefficient (Wildman–Crippen LogP) is 2.24. The Hall–Kier alpha value is -1.73. The Morgan fingerprint density at radius 3 is 2.83 bits per heavy atom. The second-order valence-corrected chi connectivity index (χ2v) is 4.53. The van der Waals surface area contributed by atoms with Crippen LogP contribution in [0.25, 0.3) is 0 Å². The monoisotopic (exact) mass is 246 g/mol. The highest BCUT2D eigenvalue weighted by Gasteiger charge is 2.20. The molecule has 0 heterocycles. The molecule has 1 aromatic rings. The largest absolute Gasteiger partial charge is 0.493 e.